The Kier molecular flexibility index (Phi) is 4.61. The number of likely N-dealkylation sites (tertiary alicyclic amines) is 1. The van der Waals surface area contributed by atoms with Crippen molar-refractivity contribution in [3.63, 3.8) is 0 Å². The van der Waals surface area contributed by atoms with E-state index in [1.807, 2.05) is 35.2 Å². The zero-order valence-corrected chi connectivity index (χ0v) is 14.6. The molecule has 5 heteroatoms. The Morgan fingerprint density at radius 1 is 1.15 bits per heavy atom. The molecule has 1 saturated heterocycles. The van der Waals surface area contributed by atoms with Crippen LogP contribution >= 0.6 is 0 Å². The summed E-state index contributed by atoms with van der Waals surface area (Å²) in [7, 11) is 0. The second-order valence-corrected chi connectivity index (χ2v) is 6.81. The van der Waals surface area contributed by atoms with Gasteiger partial charge < -0.3 is 15.0 Å². The highest BCUT2D eigenvalue weighted by atomic mass is 16.5. The fraction of sp³-hybridized carbons (Fsp3) is 0.333. The number of carbonyl (C=O) groups is 2. The maximum atomic E-state index is 12.7. The zero-order chi connectivity index (χ0) is 17.9. The van der Waals surface area contributed by atoms with Crippen LogP contribution in [0.25, 0.3) is 0 Å². The van der Waals surface area contributed by atoms with Gasteiger partial charge in [0.1, 0.15) is 5.75 Å². The van der Waals surface area contributed by atoms with Gasteiger partial charge in [0.15, 0.2) is 6.61 Å². The van der Waals surface area contributed by atoms with Crippen LogP contribution in [-0.2, 0) is 16.0 Å². The predicted molar refractivity (Wildman–Crippen MR) is 99.0 cm³/mol. The van der Waals surface area contributed by atoms with Gasteiger partial charge in [-0.2, -0.15) is 0 Å². The lowest BCUT2D eigenvalue weighted by Gasteiger charge is -2.25. The molecule has 1 atom stereocenters. The van der Waals surface area contributed by atoms with Crippen molar-refractivity contribution < 1.29 is 14.3 Å². The number of amides is 2. The summed E-state index contributed by atoms with van der Waals surface area (Å²) in [5.74, 6) is 0.730. The summed E-state index contributed by atoms with van der Waals surface area (Å²) in [6.45, 7) is 0.812. The first kappa shape index (κ1) is 16.6. The molecule has 1 N–H and O–H groups in total. The molecular weight excluding hydrogens is 328 g/mol. The standard InChI is InChI=1S/C21H22N2O3/c24-20-11-8-16-13-17(9-10-18(16)22-20)26-14-21(25)23-12-4-7-19(23)15-5-2-1-3-6-15/h1-3,5-6,9-10,13,19H,4,7-8,11-12,14H2,(H,22,24). The predicted octanol–water partition coefficient (Wildman–Crippen LogP) is 3.31. The Labute approximate surface area is 153 Å². The van der Waals surface area contributed by atoms with Crippen molar-refractivity contribution in [1.82, 2.24) is 4.90 Å². The minimum atomic E-state index is 0.0161. The Balaban J connectivity index is 1.40. The highest BCUT2D eigenvalue weighted by Gasteiger charge is 2.30. The third-order valence-corrected chi connectivity index (χ3v) is 5.09. The second-order valence-electron chi connectivity index (χ2n) is 6.81. The van der Waals surface area contributed by atoms with E-state index >= 15 is 0 Å². The number of nitrogens with zero attached hydrogens (tertiary/aromatic N) is 1. The van der Waals surface area contributed by atoms with Crippen molar-refractivity contribution in [2.24, 2.45) is 0 Å². The van der Waals surface area contributed by atoms with Gasteiger partial charge in [-0.1, -0.05) is 30.3 Å². The number of hydrogen-bond donors (Lipinski definition) is 1. The third-order valence-electron chi connectivity index (χ3n) is 5.09. The van der Waals surface area contributed by atoms with Crippen LogP contribution in [-0.4, -0.2) is 29.9 Å². The van der Waals surface area contributed by atoms with Crippen LogP contribution in [0, 0.1) is 0 Å². The Hall–Kier alpha value is -2.82. The Bertz CT molecular complexity index is 819. The summed E-state index contributed by atoms with van der Waals surface area (Å²) in [6.07, 6.45) is 3.20. The lowest BCUT2D eigenvalue weighted by atomic mass is 10.0. The average Bonchev–Trinajstić information content (AvgIpc) is 3.16. The number of hydrogen-bond acceptors (Lipinski definition) is 3. The molecule has 1 fully saturated rings. The molecule has 0 bridgehead atoms. The van der Waals surface area contributed by atoms with Crippen LogP contribution in [0.15, 0.2) is 48.5 Å². The maximum Gasteiger partial charge on any atom is 0.261 e. The Morgan fingerprint density at radius 3 is 2.85 bits per heavy atom. The molecule has 1 unspecified atom stereocenters. The van der Waals surface area contributed by atoms with E-state index in [1.165, 1.54) is 5.56 Å². The van der Waals surface area contributed by atoms with E-state index in [1.54, 1.807) is 6.07 Å². The van der Waals surface area contributed by atoms with Crippen molar-refractivity contribution in [1.29, 1.82) is 0 Å². The number of fused-ring (bicyclic) bond motifs is 1. The molecule has 2 heterocycles. The Morgan fingerprint density at radius 2 is 2.00 bits per heavy atom. The van der Waals surface area contributed by atoms with Crippen molar-refractivity contribution in [2.45, 2.75) is 31.7 Å². The molecule has 0 aliphatic carbocycles. The van der Waals surface area contributed by atoms with Crippen molar-refractivity contribution in [3.8, 4) is 5.75 Å². The zero-order valence-electron chi connectivity index (χ0n) is 14.6. The van der Waals surface area contributed by atoms with Gasteiger partial charge in [-0.15, -0.1) is 0 Å². The van der Waals surface area contributed by atoms with E-state index < -0.39 is 0 Å². The summed E-state index contributed by atoms with van der Waals surface area (Å²) in [5, 5.41) is 2.85. The minimum Gasteiger partial charge on any atom is -0.484 e. The molecule has 2 aliphatic rings. The van der Waals surface area contributed by atoms with Gasteiger partial charge in [-0.25, -0.2) is 0 Å². The highest BCUT2D eigenvalue weighted by Crippen LogP contribution is 2.32. The molecule has 2 aliphatic heterocycles. The molecule has 134 valence electrons. The number of aryl methyl sites for hydroxylation is 1. The minimum absolute atomic E-state index is 0.0161. The van der Waals surface area contributed by atoms with Crippen LogP contribution in [0.3, 0.4) is 0 Å². The second kappa shape index (κ2) is 7.20. The van der Waals surface area contributed by atoms with Crippen molar-refractivity contribution in [3.05, 3.63) is 59.7 Å². The molecule has 5 nitrogen and oxygen atoms in total. The molecule has 2 aromatic rings. The highest BCUT2D eigenvalue weighted by molar-refractivity contribution is 5.94. The van der Waals surface area contributed by atoms with Crippen molar-refractivity contribution >= 4 is 17.5 Å². The fourth-order valence-corrected chi connectivity index (χ4v) is 3.76. The number of rotatable bonds is 4. The van der Waals surface area contributed by atoms with Gasteiger partial charge >= 0.3 is 0 Å². The number of benzene rings is 2. The molecule has 26 heavy (non-hydrogen) atoms. The van der Waals surface area contributed by atoms with E-state index in [4.69, 9.17) is 4.74 Å². The van der Waals surface area contributed by atoms with Gasteiger partial charge in [0, 0.05) is 18.7 Å². The summed E-state index contributed by atoms with van der Waals surface area (Å²) in [6, 6.07) is 15.9. The van der Waals surface area contributed by atoms with Gasteiger partial charge in [-0.3, -0.25) is 9.59 Å². The van der Waals surface area contributed by atoms with Crippen molar-refractivity contribution in [2.75, 3.05) is 18.5 Å². The van der Waals surface area contributed by atoms with E-state index in [9.17, 15) is 9.59 Å². The first-order valence-electron chi connectivity index (χ1n) is 9.11. The summed E-state index contributed by atoms with van der Waals surface area (Å²) in [5.41, 5.74) is 3.07. The summed E-state index contributed by atoms with van der Waals surface area (Å²) >= 11 is 0. The number of carbonyl (C=O) groups excluding carboxylic acids is 2. The smallest absolute Gasteiger partial charge is 0.261 e. The first-order valence-corrected chi connectivity index (χ1v) is 9.11. The molecule has 2 aromatic carbocycles. The number of nitrogens with one attached hydrogen (secondary N) is 1. The summed E-state index contributed by atoms with van der Waals surface area (Å²) in [4.78, 5) is 26.0. The molecule has 0 saturated carbocycles. The van der Waals surface area contributed by atoms with Gasteiger partial charge in [-0.05, 0) is 48.6 Å². The molecule has 0 aromatic heterocycles. The van der Waals surface area contributed by atoms with E-state index in [-0.39, 0.29) is 24.5 Å². The normalized spacial score (nSPS) is 19.0. The van der Waals surface area contributed by atoms with E-state index in [2.05, 4.69) is 17.4 Å². The van der Waals surface area contributed by atoms with Crippen LogP contribution < -0.4 is 10.1 Å². The van der Waals surface area contributed by atoms with Crippen LogP contribution in [0.1, 0.15) is 36.4 Å². The molecule has 0 spiro atoms. The largest absolute Gasteiger partial charge is 0.484 e. The molecule has 2 amide bonds. The van der Waals surface area contributed by atoms with Crippen LogP contribution in [0.2, 0.25) is 0 Å². The monoisotopic (exact) mass is 350 g/mol. The third kappa shape index (κ3) is 3.43. The quantitative estimate of drug-likeness (QED) is 0.920. The van der Waals surface area contributed by atoms with Gasteiger partial charge in [0.2, 0.25) is 5.91 Å². The van der Waals surface area contributed by atoms with Crippen LogP contribution in [0.4, 0.5) is 5.69 Å². The van der Waals surface area contributed by atoms with Crippen LogP contribution in [0.5, 0.6) is 5.75 Å². The topological polar surface area (TPSA) is 58.6 Å². The molecule has 0 radical (unpaired) electrons. The lowest BCUT2D eigenvalue weighted by molar-refractivity contribution is -0.134. The summed E-state index contributed by atoms with van der Waals surface area (Å²) < 4.78 is 5.75. The lowest BCUT2D eigenvalue weighted by Crippen LogP contribution is -2.34. The number of ether oxygens (including phenoxy) is 1. The number of anilines is 1. The fourth-order valence-electron chi connectivity index (χ4n) is 3.76. The van der Waals surface area contributed by atoms with Gasteiger partial charge in [0.05, 0.1) is 6.04 Å². The van der Waals surface area contributed by atoms with E-state index in [0.29, 0.717) is 18.6 Å². The van der Waals surface area contributed by atoms with Gasteiger partial charge in [0.25, 0.3) is 5.91 Å². The SMILES string of the molecule is O=C1CCc2cc(OCC(=O)N3CCCC3c3ccccc3)ccc2N1. The maximum absolute atomic E-state index is 12.7. The molecular formula is C21H22N2O3. The first-order chi connectivity index (χ1) is 12.7. The average molecular weight is 350 g/mol. The van der Waals surface area contributed by atoms with E-state index in [0.717, 1.165) is 30.6 Å². The molecule has 4 rings (SSSR count).